The molecule has 0 saturated carbocycles. The van der Waals surface area contributed by atoms with Crippen molar-refractivity contribution < 1.29 is 4.79 Å². The lowest BCUT2D eigenvalue weighted by Gasteiger charge is -2.20. The number of fused-ring (bicyclic) bond motifs is 1. The quantitative estimate of drug-likeness (QED) is 0.813. The highest BCUT2D eigenvalue weighted by Crippen LogP contribution is 2.27. The fourth-order valence-electron chi connectivity index (χ4n) is 2.31. The Labute approximate surface area is 128 Å². The molecule has 108 valence electrons. The van der Waals surface area contributed by atoms with Crippen LogP contribution in [0, 0.1) is 0 Å². The number of likely N-dealkylation sites (N-methyl/N-ethyl adjacent to an activating group) is 1. The van der Waals surface area contributed by atoms with E-state index in [0.717, 1.165) is 11.3 Å². The third-order valence-corrected chi connectivity index (χ3v) is 3.74. The molecule has 1 aromatic carbocycles. The molecule has 1 unspecified atom stereocenters. The number of halogens is 2. The number of benzene rings is 1. The van der Waals surface area contributed by atoms with E-state index in [1.807, 2.05) is 23.6 Å². The summed E-state index contributed by atoms with van der Waals surface area (Å²) in [5.74, 6) is 1.25. The largest absolute Gasteiger partial charge is 0.347 e. The molecule has 20 heavy (non-hydrogen) atoms. The van der Waals surface area contributed by atoms with Gasteiger partial charge in [-0.3, -0.25) is 4.79 Å². The van der Waals surface area contributed by atoms with Gasteiger partial charge < -0.3 is 9.47 Å². The Morgan fingerprint density at radius 1 is 1.45 bits per heavy atom. The first kappa shape index (κ1) is 15.1. The molecule has 0 N–H and O–H groups in total. The number of aromatic nitrogens is 2. The van der Waals surface area contributed by atoms with E-state index in [9.17, 15) is 4.79 Å². The molecule has 1 amide bonds. The van der Waals surface area contributed by atoms with Crippen LogP contribution in [0.1, 0.15) is 18.8 Å². The molecule has 0 fully saturated rings. The first-order valence-corrected chi connectivity index (χ1v) is 7.31. The van der Waals surface area contributed by atoms with Crippen molar-refractivity contribution in [1.29, 1.82) is 0 Å². The zero-order valence-corrected chi connectivity index (χ0v) is 13.2. The lowest BCUT2D eigenvalue weighted by molar-refractivity contribution is -0.131. The van der Waals surface area contributed by atoms with Gasteiger partial charge >= 0.3 is 0 Å². The van der Waals surface area contributed by atoms with Gasteiger partial charge in [0.05, 0.1) is 10.5 Å². The zero-order valence-electron chi connectivity index (χ0n) is 11.7. The van der Waals surface area contributed by atoms with Gasteiger partial charge in [0.2, 0.25) is 5.91 Å². The van der Waals surface area contributed by atoms with Crippen molar-refractivity contribution in [2.24, 2.45) is 0 Å². The van der Waals surface area contributed by atoms with E-state index in [1.54, 1.807) is 25.1 Å². The first-order chi connectivity index (χ1) is 9.47. The molecule has 6 heteroatoms. The van der Waals surface area contributed by atoms with Crippen LogP contribution in [0.3, 0.4) is 0 Å². The Morgan fingerprint density at radius 2 is 2.15 bits per heavy atom. The number of nitrogens with zero attached hydrogens (tertiary/aromatic N) is 3. The van der Waals surface area contributed by atoms with Crippen LogP contribution in [-0.4, -0.2) is 40.3 Å². The maximum absolute atomic E-state index is 12.2. The number of alkyl halides is 1. The van der Waals surface area contributed by atoms with Crippen molar-refractivity contribution in [1.82, 2.24) is 14.5 Å². The monoisotopic (exact) mass is 313 g/mol. The molecular weight excluding hydrogens is 297 g/mol. The van der Waals surface area contributed by atoms with E-state index in [2.05, 4.69) is 4.98 Å². The Balaban J connectivity index is 2.62. The molecule has 1 atom stereocenters. The van der Waals surface area contributed by atoms with Crippen LogP contribution < -0.4 is 0 Å². The Bertz CT molecular complexity index is 637. The Morgan fingerprint density at radius 3 is 2.75 bits per heavy atom. The van der Waals surface area contributed by atoms with Gasteiger partial charge in [-0.1, -0.05) is 17.7 Å². The summed E-state index contributed by atoms with van der Waals surface area (Å²) in [6, 6.07) is 5.24. The van der Waals surface area contributed by atoms with Gasteiger partial charge in [0.25, 0.3) is 0 Å². The van der Waals surface area contributed by atoms with E-state index < -0.39 is 0 Å². The van der Waals surface area contributed by atoms with Crippen molar-refractivity contribution in [3.05, 3.63) is 29.0 Å². The maximum Gasteiger partial charge on any atom is 0.244 e. The molecule has 4 nitrogen and oxygen atoms in total. The average molecular weight is 314 g/mol. The molecule has 1 aromatic heterocycles. The minimum Gasteiger partial charge on any atom is -0.347 e. The van der Waals surface area contributed by atoms with Gasteiger partial charge in [0.15, 0.2) is 0 Å². The molecule has 0 aliphatic carbocycles. The summed E-state index contributed by atoms with van der Waals surface area (Å²) in [5.41, 5.74) is 1.58. The van der Waals surface area contributed by atoms with Crippen LogP contribution in [0.2, 0.25) is 5.02 Å². The topological polar surface area (TPSA) is 38.1 Å². The number of rotatable bonds is 4. The first-order valence-electron chi connectivity index (χ1n) is 6.39. The van der Waals surface area contributed by atoms with Gasteiger partial charge in [-0.25, -0.2) is 4.98 Å². The summed E-state index contributed by atoms with van der Waals surface area (Å²) in [4.78, 5) is 18.4. The van der Waals surface area contributed by atoms with E-state index in [-0.39, 0.29) is 11.9 Å². The molecule has 0 bridgehead atoms. The highest BCUT2D eigenvalue weighted by Gasteiger charge is 2.23. The summed E-state index contributed by atoms with van der Waals surface area (Å²) < 4.78 is 1.92. The Kier molecular flexibility index (Phi) is 4.55. The van der Waals surface area contributed by atoms with Crippen LogP contribution in [0.25, 0.3) is 11.0 Å². The predicted molar refractivity (Wildman–Crippen MR) is 82.6 cm³/mol. The van der Waals surface area contributed by atoms with Crippen LogP contribution in [0.4, 0.5) is 0 Å². The third kappa shape index (κ3) is 2.63. The molecular formula is C14H17Cl2N3O. The highest BCUT2D eigenvalue weighted by atomic mass is 35.5. The molecule has 0 spiro atoms. The highest BCUT2D eigenvalue weighted by molar-refractivity contribution is 6.34. The number of aryl methyl sites for hydroxylation is 1. The molecule has 0 aliphatic heterocycles. The summed E-state index contributed by atoms with van der Waals surface area (Å²) in [5, 5.41) is 0.585. The summed E-state index contributed by atoms with van der Waals surface area (Å²) in [7, 11) is 3.48. The van der Waals surface area contributed by atoms with Gasteiger partial charge in [0, 0.05) is 26.4 Å². The number of imidazole rings is 1. The number of para-hydroxylation sites is 1. The summed E-state index contributed by atoms with van der Waals surface area (Å²) in [6.07, 6.45) is 0.595. The fourth-order valence-corrected chi connectivity index (χ4v) is 2.69. The Hall–Kier alpha value is -1.26. The standard InChI is InChI=1S/C14H17Cl2N3O/c1-9(14(20)18(2)3)19-11-6-4-5-10(16)13(11)17-12(19)7-8-15/h4-6,9H,7-8H2,1-3H3. The molecule has 1 heterocycles. The van der Waals surface area contributed by atoms with Crippen molar-refractivity contribution in [3.8, 4) is 0 Å². The number of carbonyl (C=O) groups is 1. The molecule has 2 rings (SSSR count). The lowest BCUT2D eigenvalue weighted by atomic mass is 10.2. The van der Waals surface area contributed by atoms with E-state index in [4.69, 9.17) is 23.2 Å². The van der Waals surface area contributed by atoms with Gasteiger partial charge in [-0.05, 0) is 19.1 Å². The van der Waals surface area contributed by atoms with Gasteiger partial charge in [0.1, 0.15) is 17.4 Å². The van der Waals surface area contributed by atoms with Crippen molar-refractivity contribution in [2.45, 2.75) is 19.4 Å². The zero-order chi connectivity index (χ0) is 14.9. The predicted octanol–water partition coefficient (Wildman–Crippen LogP) is 3.12. The lowest BCUT2D eigenvalue weighted by Crippen LogP contribution is -2.30. The van der Waals surface area contributed by atoms with Crippen LogP contribution in [0.5, 0.6) is 0 Å². The summed E-state index contributed by atoms with van der Waals surface area (Å²) >= 11 is 12.0. The van der Waals surface area contributed by atoms with Crippen LogP contribution >= 0.6 is 23.2 Å². The molecule has 0 aliphatic rings. The number of hydrogen-bond donors (Lipinski definition) is 0. The third-order valence-electron chi connectivity index (χ3n) is 3.25. The average Bonchev–Trinajstić information content (AvgIpc) is 2.77. The minimum absolute atomic E-state index is 0.0140. The van der Waals surface area contributed by atoms with Gasteiger partial charge in [-0.15, -0.1) is 11.6 Å². The summed E-state index contributed by atoms with van der Waals surface area (Å²) in [6.45, 7) is 1.86. The number of amides is 1. The molecule has 0 saturated heterocycles. The van der Waals surface area contributed by atoms with Crippen LogP contribution in [0.15, 0.2) is 18.2 Å². The van der Waals surface area contributed by atoms with Gasteiger partial charge in [-0.2, -0.15) is 0 Å². The minimum atomic E-state index is -0.341. The molecule has 2 aromatic rings. The van der Waals surface area contributed by atoms with Crippen molar-refractivity contribution in [2.75, 3.05) is 20.0 Å². The number of carbonyl (C=O) groups excluding carboxylic acids is 1. The SMILES string of the molecule is CC(C(=O)N(C)C)n1c(CCCl)nc2c(Cl)cccc21. The van der Waals surface area contributed by atoms with E-state index in [0.29, 0.717) is 22.8 Å². The van der Waals surface area contributed by atoms with Crippen molar-refractivity contribution in [3.63, 3.8) is 0 Å². The van der Waals surface area contributed by atoms with Crippen LogP contribution in [-0.2, 0) is 11.2 Å². The normalized spacial score (nSPS) is 12.7. The smallest absolute Gasteiger partial charge is 0.244 e. The fraction of sp³-hybridized carbons (Fsp3) is 0.429. The van der Waals surface area contributed by atoms with E-state index >= 15 is 0 Å². The second-order valence-corrected chi connectivity index (χ2v) is 5.64. The maximum atomic E-state index is 12.2. The molecule has 0 radical (unpaired) electrons. The van der Waals surface area contributed by atoms with Crippen molar-refractivity contribution >= 4 is 40.1 Å². The second kappa shape index (κ2) is 6.02. The van der Waals surface area contributed by atoms with E-state index in [1.165, 1.54) is 0 Å². The second-order valence-electron chi connectivity index (χ2n) is 4.85. The number of hydrogen-bond acceptors (Lipinski definition) is 2.